The lowest BCUT2D eigenvalue weighted by Crippen LogP contribution is -2.55. The first-order valence-electron chi connectivity index (χ1n) is 5.04. The lowest BCUT2D eigenvalue weighted by atomic mass is 9.78. The third-order valence-corrected chi connectivity index (χ3v) is 5.80. The summed E-state index contributed by atoms with van der Waals surface area (Å²) >= 11 is 0. The molecule has 2 atom stereocenters. The number of sulfone groups is 1. The molecule has 13 heavy (non-hydrogen) atoms. The molecule has 3 nitrogen and oxygen atoms in total. The van der Waals surface area contributed by atoms with Crippen molar-refractivity contribution >= 4 is 9.84 Å². The minimum absolute atomic E-state index is 0.0807. The van der Waals surface area contributed by atoms with Crippen molar-refractivity contribution in [3.8, 4) is 0 Å². The van der Waals surface area contributed by atoms with Crippen molar-refractivity contribution in [1.29, 1.82) is 0 Å². The van der Waals surface area contributed by atoms with E-state index in [-0.39, 0.29) is 11.3 Å². The maximum atomic E-state index is 11.4. The highest BCUT2D eigenvalue weighted by Crippen LogP contribution is 2.36. The Morgan fingerprint density at radius 2 is 2.00 bits per heavy atom. The van der Waals surface area contributed by atoms with Crippen LogP contribution in [0.3, 0.4) is 0 Å². The van der Waals surface area contributed by atoms with Gasteiger partial charge in [-0.3, -0.25) is 0 Å². The van der Waals surface area contributed by atoms with Gasteiger partial charge >= 0.3 is 0 Å². The van der Waals surface area contributed by atoms with Crippen LogP contribution in [0.4, 0.5) is 0 Å². The summed E-state index contributed by atoms with van der Waals surface area (Å²) in [5.41, 5.74) is 0. The smallest absolute Gasteiger partial charge is 0.154 e. The summed E-state index contributed by atoms with van der Waals surface area (Å²) in [6.07, 6.45) is 4.55. The van der Waals surface area contributed by atoms with Crippen molar-refractivity contribution in [2.45, 2.75) is 37.0 Å². The average molecular weight is 203 g/mol. The second-order valence-corrected chi connectivity index (χ2v) is 6.54. The van der Waals surface area contributed by atoms with E-state index in [1.54, 1.807) is 0 Å². The van der Waals surface area contributed by atoms with E-state index >= 15 is 0 Å². The highest BCUT2D eigenvalue weighted by molar-refractivity contribution is 7.93. The Hall–Kier alpha value is -0.0900. The van der Waals surface area contributed by atoms with Crippen LogP contribution in [0.2, 0.25) is 0 Å². The van der Waals surface area contributed by atoms with Gasteiger partial charge in [-0.25, -0.2) is 8.42 Å². The van der Waals surface area contributed by atoms with Gasteiger partial charge in [0.2, 0.25) is 0 Å². The molecule has 1 saturated carbocycles. The fraction of sp³-hybridized carbons (Fsp3) is 1.00. The van der Waals surface area contributed by atoms with Crippen LogP contribution in [0, 0.1) is 5.92 Å². The molecule has 1 saturated heterocycles. The third-order valence-electron chi connectivity index (χ3n) is 3.54. The van der Waals surface area contributed by atoms with E-state index in [0.29, 0.717) is 11.7 Å². The molecule has 0 aromatic heterocycles. The molecule has 2 unspecified atom stereocenters. The van der Waals surface area contributed by atoms with E-state index < -0.39 is 9.84 Å². The average Bonchev–Trinajstić information content (AvgIpc) is 1.98. The van der Waals surface area contributed by atoms with Crippen molar-refractivity contribution in [2.24, 2.45) is 5.92 Å². The molecule has 76 valence electrons. The Labute approximate surface area is 79.8 Å². The van der Waals surface area contributed by atoms with Crippen molar-refractivity contribution in [2.75, 3.05) is 12.8 Å². The molecule has 0 radical (unpaired) electrons. The van der Waals surface area contributed by atoms with Crippen LogP contribution < -0.4 is 5.32 Å². The van der Waals surface area contributed by atoms with Crippen LogP contribution in [-0.2, 0) is 9.84 Å². The van der Waals surface area contributed by atoms with Crippen LogP contribution in [-0.4, -0.2) is 32.5 Å². The molecule has 0 aromatic rings. The van der Waals surface area contributed by atoms with Gasteiger partial charge in [0, 0.05) is 6.04 Å². The first-order chi connectivity index (χ1) is 6.15. The monoisotopic (exact) mass is 203 g/mol. The second-order valence-electron chi connectivity index (χ2n) is 4.20. The third kappa shape index (κ3) is 1.50. The zero-order chi connectivity index (χ0) is 9.47. The van der Waals surface area contributed by atoms with Gasteiger partial charge in [0.05, 0.1) is 11.0 Å². The zero-order valence-electron chi connectivity index (χ0n) is 7.99. The van der Waals surface area contributed by atoms with Gasteiger partial charge in [0.1, 0.15) is 0 Å². The molecule has 2 fully saturated rings. The topological polar surface area (TPSA) is 46.2 Å². The fourth-order valence-electron chi connectivity index (χ4n) is 2.37. The Morgan fingerprint density at radius 3 is 2.23 bits per heavy atom. The molecule has 2 aliphatic rings. The lowest BCUT2D eigenvalue weighted by Gasteiger charge is -2.41. The van der Waals surface area contributed by atoms with Crippen molar-refractivity contribution in [1.82, 2.24) is 5.32 Å². The first-order valence-corrected chi connectivity index (χ1v) is 6.75. The molecular formula is C9H17NO2S. The summed E-state index contributed by atoms with van der Waals surface area (Å²) < 4.78 is 22.8. The van der Waals surface area contributed by atoms with Gasteiger partial charge in [-0.05, 0) is 32.2 Å². The fourth-order valence-corrected chi connectivity index (χ4v) is 4.07. The summed E-state index contributed by atoms with van der Waals surface area (Å²) in [7, 11) is -0.832. The molecule has 0 bridgehead atoms. The van der Waals surface area contributed by atoms with Crippen LogP contribution in [0.25, 0.3) is 0 Å². The predicted molar refractivity (Wildman–Crippen MR) is 52.4 cm³/mol. The Kier molecular flexibility index (Phi) is 2.36. The van der Waals surface area contributed by atoms with E-state index in [0.717, 1.165) is 6.42 Å². The molecule has 1 N–H and O–H groups in total. The number of rotatable bonds is 3. The predicted octanol–water partition coefficient (Wildman–Crippen LogP) is 0.562. The molecule has 1 aliphatic carbocycles. The number of hydrogen-bond donors (Lipinski definition) is 1. The van der Waals surface area contributed by atoms with Crippen molar-refractivity contribution in [3.05, 3.63) is 0 Å². The van der Waals surface area contributed by atoms with Gasteiger partial charge in [-0.1, -0.05) is 6.42 Å². The van der Waals surface area contributed by atoms with Gasteiger partial charge < -0.3 is 5.32 Å². The minimum atomic E-state index is -2.72. The molecule has 0 amide bonds. The molecular weight excluding hydrogens is 186 g/mol. The Bertz CT molecular complexity index is 282. The van der Waals surface area contributed by atoms with E-state index in [1.807, 2.05) is 7.05 Å². The number of nitrogens with one attached hydrogen (secondary N) is 1. The Morgan fingerprint density at radius 1 is 1.31 bits per heavy atom. The second kappa shape index (κ2) is 3.24. The standard InChI is InChI=1S/C9H17NO2S/c1-10-9(7-3-2-4-7)8-5-6-13(8,11)12/h7-10H,2-6H2,1H3. The Balaban J connectivity index is 2.04. The normalized spacial score (nSPS) is 34.7. The summed E-state index contributed by atoms with van der Waals surface area (Å²) in [5.74, 6) is 1.02. The minimum Gasteiger partial charge on any atom is -0.315 e. The van der Waals surface area contributed by atoms with Gasteiger partial charge in [0.15, 0.2) is 9.84 Å². The lowest BCUT2D eigenvalue weighted by molar-refractivity contribution is 0.223. The van der Waals surface area contributed by atoms with Crippen LogP contribution in [0.5, 0.6) is 0 Å². The highest BCUT2D eigenvalue weighted by atomic mass is 32.2. The quantitative estimate of drug-likeness (QED) is 0.729. The zero-order valence-corrected chi connectivity index (χ0v) is 8.81. The summed E-state index contributed by atoms with van der Waals surface area (Å²) in [4.78, 5) is 0. The summed E-state index contributed by atoms with van der Waals surface area (Å²) in [6, 6.07) is 0.229. The largest absolute Gasteiger partial charge is 0.315 e. The summed E-state index contributed by atoms with van der Waals surface area (Å²) in [5, 5.41) is 3.10. The van der Waals surface area contributed by atoms with Crippen molar-refractivity contribution in [3.63, 3.8) is 0 Å². The van der Waals surface area contributed by atoms with E-state index in [1.165, 1.54) is 19.3 Å². The summed E-state index contributed by atoms with van der Waals surface area (Å²) in [6.45, 7) is 0. The van der Waals surface area contributed by atoms with E-state index in [4.69, 9.17) is 0 Å². The first kappa shape index (κ1) is 9.46. The van der Waals surface area contributed by atoms with Crippen LogP contribution in [0.1, 0.15) is 25.7 Å². The molecule has 1 heterocycles. The van der Waals surface area contributed by atoms with E-state index in [9.17, 15) is 8.42 Å². The van der Waals surface area contributed by atoms with Gasteiger partial charge in [0.25, 0.3) is 0 Å². The molecule has 0 aromatic carbocycles. The van der Waals surface area contributed by atoms with E-state index in [2.05, 4.69) is 5.32 Å². The molecule has 0 spiro atoms. The SMILES string of the molecule is CNC(C1CCC1)C1CCS1(=O)=O. The maximum absolute atomic E-state index is 11.4. The maximum Gasteiger partial charge on any atom is 0.154 e. The molecule has 1 aliphatic heterocycles. The van der Waals surface area contributed by atoms with Crippen molar-refractivity contribution < 1.29 is 8.42 Å². The highest BCUT2D eigenvalue weighted by Gasteiger charge is 2.44. The number of hydrogen-bond acceptors (Lipinski definition) is 3. The molecule has 2 rings (SSSR count). The molecule has 4 heteroatoms. The van der Waals surface area contributed by atoms with Gasteiger partial charge in [-0.2, -0.15) is 0 Å². The van der Waals surface area contributed by atoms with Gasteiger partial charge in [-0.15, -0.1) is 0 Å². The van der Waals surface area contributed by atoms with Crippen LogP contribution in [0.15, 0.2) is 0 Å². The van der Waals surface area contributed by atoms with Crippen LogP contribution >= 0.6 is 0 Å².